The summed E-state index contributed by atoms with van der Waals surface area (Å²) in [5.74, 6) is -0.523. The lowest BCUT2D eigenvalue weighted by Gasteiger charge is -2.11. The van der Waals surface area contributed by atoms with Crippen molar-refractivity contribution < 1.29 is 14.1 Å². The van der Waals surface area contributed by atoms with E-state index in [1.807, 2.05) is 45.9 Å². The number of carbonyl (C=O) groups is 2. The van der Waals surface area contributed by atoms with Crippen LogP contribution >= 0.6 is 0 Å². The number of anilines is 1. The number of fused-ring (bicyclic) bond motifs is 1. The van der Waals surface area contributed by atoms with Crippen LogP contribution in [-0.2, 0) is 4.79 Å². The Hall–Kier alpha value is -3.22. The molecular weight excluding hydrogens is 344 g/mol. The van der Waals surface area contributed by atoms with Crippen LogP contribution in [0.4, 0.5) is 5.69 Å². The van der Waals surface area contributed by atoms with Gasteiger partial charge in [0.2, 0.25) is 5.91 Å². The Kier molecular flexibility index (Phi) is 5.21. The molecule has 2 amide bonds. The van der Waals surface area contributed by atoms with E-state index in [4.69, 9.17) is 4.52 Å². The highest BCUT2D eigenvalue weighted by molar-refractivity contribution is 6.01. The molecule has 0 saturated carbocycles. The molecule has 0 bridgehead atoms. The SMILES string of the molecule is Cc1cccc(NC(=O)CNC(=O)c2cnc3onc(C(C)C)c3c2)c1C. The molecule has 0 saturated heterocycles. The van der Waals surface area contributed by atoms with Crippen molar-refractivity contribution in [1.82, 2.24) is 15.5 Å². The zero-order chi connectivity index (χ0) is 19.6. The molecule has 0 atom stereocenters. The van der Waals surface area contributed by atoms with Crippen LogP contribution in [0.3, 0.4) is 0 Å². The molecule has 3 aromatic rings. The second kappa shape index (κ2) is 7.57. The standard InChI is InChI=1S/C20H22N4O3/c1-11(2)18-15-8-14(9-22-20(15)27-24-18)19(26)21-10-17(25)23-16-7-5-6-12(3)13(16)4/h5-9,11H,10H2,1-4H3,(H,21,26)(H,23,25). The van der Waals surface area contributed by atoms with Gasteiger partial charge in [-0.3, -0.25) is 9.59 Å². The number of benzene rings is 1. The Balaban J connectivity index is 1.67. The minimum absolute atomic E-state index is 0.134. The number of aryl methyl sites for hydroxylation is 1. The summed E-state index contributed by atoms with van der Waals surface area (Å²) in [4.78, 5) is 28.7. The number of hydrogen-bond acceptors (Lipinski definition) is 5. The molecule has 0 fully saturated rings. The van der Waals surface area contributed by atoms with E-state index in [1.165, 1.54) is 6.20 Å². The summed E-state index contributed by atoms with van der Waals surface area (Å²) in [6.45, 7) is 7.76. The molecule has 0 unspecified atom stereocenters. The summed E-state index contributed by atoms with van der Waals surface area (Å²) in [6.07, 6.45) is 1.41. The summed E-state index contributed by atoms with van der Waals surface area (Å²) in [5.41, 5.74) is 4.32. The average Bonchev–Trinajstić information content (AvgIpc) is 3.07. The van der Waals surface area contributed by atoms with Crippen LogP contribution in [0.2, 0.25) is 0 Å². The summed E-state index contributed by atoms with van der Waals surface area (Å²) in [7, 11) is 0. The molecule has 27 heavy (non-hydrogen) atoms. The third-order valence-electron chi connectivity index (χ3n) is 4.45. The van der Waals surface area contributed by atoms with E-state index in [0.29, 0.717) is 16.7 Å². The maximum absolute atomic E-state index is 12.4. The molecule has 0 aliphatic heterocycles. The van der Waals surface area contributed by atoms with Gasteiger partial charge >= 0.3 is 0 Å². The maximum atomic E-state index is 12.4. The third-order valence-corrected chi connectivity index (χ3v) is 4.45. The highest BCUT2D eigenvalue weighted by Crippen LogP contribution is 2.24. The molecule has 0 aliphatic rings. The summed E-state index contributed by atoms with van der Waals surface area (Å²) in [5, 5.41) is 10.1. The predicted molar refractivity (Wildman–Crippen MR) is 103 cm³/mol. The number of pyridine rings is 1. The molecule has 1 aromatic carbocycles. The molecule has 140 valence electrons. The van der Waals surface area contributed by atoms with Crippen molar-refractivity contribution in [2.45, 2.75) is 33.6 Å². The second-order valence-electron chi connectivity index (χ2n) is 6.78. The first kappa shape index (κ1) is 18.6. The quantitative estimate of drug-likeness (QED) is 0.722. The van der Waals surface area contributed by atoms with E-state index in [0.717, 1.165) is 22.5 Å². The van der Waals surface area contributed by atoms with Crippen LogP contribution in [0, 0.1) is 13.8 Å². The minimum Gasteiger partial charge on any atom is -0.343 e. The summed E-state index contributed by atoms with van der Waals surface area (Å²) >= 11 is 0. The van der Waals surface area contributed by atoms with E-state index in [9.17, 15) is 9.59 Å². The van der Waals surface area contributed by atoms with Gasteiger partial charge in [-0.1, -0.05) is 31.1 Å². The minimum atomic E-state index is -0.378. The molecule has 0 aliphatic carbocycles. The van der Waals surface area contributed by atoms with Gasteiger partial charge in [-0.25, -0.2) is 4.98 Å². The van der Waals surface area contributed by atoms with Gasteiger partial charge in [-0.15, -0.1) is 0 Å². The van der Waals surface area contributed by atoms with Gasteiger partial charge in [0.15, 0.2) is 0 Å². The Morgan fingerprint density at radius 2 is 2.00 bits per heavy atom. The first-order valence-corrected chi connectivity index (χ1v) is 8.76. The van der Waals surface area contributed by atoms with Gasteiger partial charge in [-0.2, -0.15) is 0 Å². The molecule has 0 spiro atoms. The van der Waals surface area contributed by atoms with E-state index in [1.54, 1.807) is 6.07 Å². The predicted octanol–water partition coefficient (Wildman–Crippen LogP) is 3.33. The van der Waals surface area contributed by atoms with Crippen molar-refractivity contribution in [3.63, 3.8) is 0 Å². The van der Waals surface area contributed by atoms with Crippen molar-refractivity contribution >= 4 is 28.6 Å². The number of rotatable bonds is 5. The second-order valence-corrected chi connectivity index (χ2v) is 6.78. The lowest BCUT2D eigenvalue weighted by molar-refractivity contribution is -0.115. The monoisotopic (exact) mass is 366 g/mol. The number of nitrogens with one attached hydrogen (secondary N) is 2. The van der Waals surface area contributed by atoms with Crippen LogP contribution in [0.5, 0.6) is 0 Å². The van der Waals surface area contributed by atoms with Crippen molar-refractivity contribution in [1.29, 1.82) is 0 Å². The van der Waals surface area contributed by atoms with Crippen LogP contribution in [0.25, 0.3) is 11.1 Å². The Labute approximate surface area is 157 Å². The lowest BCUT2D eigenvalue weighted by atomic mass is 10.1. The van der Waals surface area contributed by atoms with Crippen molar-refractivity contribution in [2.24, 2.45) is 0 Å². The molecule has 3 rings (SSSR count). The van der Waals surface area contributed by atoms with E-state index < -0.39 is 0 Å². The fraction of sp³-hybridized carbons (Fsp3) is 0.300. The lowest BCUT2D eigenvalue weighted by Crippen LogP contribution is -2.33. The van der Waals surface area contributed by atoms with Gasteiger partial charge in [0.25, 0.3) is 11.6 Å². The number of amides is 2. The number of hydrogen-bond donors (Lipinski definition) is 2. The Morgan fingerprint density at radius 1 is 1.22 bits per heavy atom. The highest BCUT2D eigenvalue weighted by Gasteiger charge is 2.16. The Morgan fingerprint density at radius 3 is 2.74 bits per heavy atom. The van der Waals surface area contributed by atoms with Gasteiger partial charge in [-0.05, 0) is 43.0 Å². The largest absolute Gasteiger partial charge is 0.343 e. The molecule has 0 radical (unpaired) electrons. The molecular formula is C20H22N4O3. The van der Waals surface area contributed by atoms with Crippen LogP contribution in [0.1, 0.15) is 46.9 Å². The summed E-state index contributed by atoms with van der Waals surface area (Å²) < 4.78 is 5.17. The fourth-order valence-corrected chi connectivity index (χ4v) is 2.73. The van der Waals surface area contributed by atoms with E-state index in [-0.39, 0.29) is 24.3 Å². The first-order valence-electron chi connectivity index (χ1n) is 8.76. The first-order chi connectivity index (χ1) is 12.9. The maximum Gasteiger partial charge on any atom is 0.257 e. The van der Waals surface area contributed by atoms with Gasteiger partial charge in [0.05, 0.1) is 23.2 Å². The van der Waals surface area contributed by atoms with Gasteiger partial charge in [0.1, 0.15) is 0 Å². The molecule has 2 heterocycles. The van der Waals surface area contributed by atoms with Crippen molar-refractivity contribution in [3.8, 4) is 0 Å². The van der Waals surface area contributed by atoms with Crippen LogP contribution < -0.4 is 10.6 Å². The van der Waals surface area contributed by atoms with Crippen molar-refractivity contribution in [3.05, 3.63) is 52.8 Å². The fourth-order valence-electron chi connectivity index (χ4n) is 2.73. The number of nitrogens with zero attached hydrogens (tertiary/aromatic N) is 2. The van der Waals surface area contributed by atoms with E-state index >= 15 is 0 Å². The van der Waals surface area contributed by atoms with E-state index in [2.05, 4.69) is 20.8 Å². The molecule has 7 heteroatoms. The normalized spacial score (nSPS) is 11.0. The Bertz CT molecular complexity index is 1010. The third kappa shape index (κ3) is 3.97. The number of aromatic nitrogens is 2. The topological polar surface area (TPSA) is 97.1 Å². The van der Waals surface area contributed by atoms with Crippen LogP contribution in [-0.4, -0.2) is 28.5 Å². The molecule has 2 N–H and O–H groups in total. The molecule has 2 aromatic heterocycles. The summed E-state index contributed by atoms with van der Waals surface area (Å²) in [6, 6.07) is 7.38. The number of carbonyl (C=O) groups excluding carboxylic acids is 2. The van der Waals surface area contributed by atoms with Gasteiger partial charge < -0.3 is 15.2 Å². The van der Waals surface area contributed by atoms with Gasteiger partial charge in [0, 0.05) is 11.9 Å². The van der Waals surface area contributed by atoms with Crippen LogP contribution in [0.15, 0.2) is 35.0 Å². The molecule has 7 nitrogen and oxygen atoms in total. The highest BCUT2D eigenvalue weighted by atomic mass is 16.5. The smallest absolute Gasteiger partial charge is 0.257 e. The zero-order valence-corrected chi connectivity index (χ0v) is 15.8. The zero-order valence-electron chi connectivity index (χ0n) is 15.8. The average molecular weight is 366 g/mol. The van der Waals surface area contributed by atoms with Crippen molar-refractivity contribution in [2.75, 3.05) is 11.9 Å².